The van der Waals surface area contributed by atoms with Crippen molar-refractivity contribution in [2.24, 2.45) is 0 Å². The van der Waals surface area contributed by atoms with Gasteiger partial charge in [-0.2, -0.15) is 5.26 Å². The molecule has 5 nitrogen and oxygen atoms in total. The molecule has 0 aliphatic heterocycles. The van der Waals surface area contributed by atoms with Crippen molar-refractivity contribution >= 4 is 38.7 Å². The van der Waals surface area contributed by atoms with Crippen LogP contribution in [-0.4, -0.2) is 18.2 Å². The van der Waals surface area contributed by atoms with Gasteiger partial charge < -0.3 is 9.15 Å². The predicted octanol–water partition coefficient (Wildman–Crippen LogP) is 5.86. The Hall–Kier alpha value is -3.22. The quantitative estimate of drug-likeness (QED) is 0.458. The second-order valence-electron chi connectivity index (χ2n) is 7.26. The number of para-hydroxylation sites is 1. The van der Waals surface area contributed by atoms with E-state index in [4.69, 9.17) is 9.15 Å². The maximum atomic E-state index is 12.7. The van der Waals surface area contributed by atoms with Gasteiger partial charge >= 0.3 is 6.09 Å². The molecule has 0 aliphatic rings. The zero-order valence-electron chi connectivity index (χ0n) is 16.3. The van der Waals surface area contributed by atoms with Crippen molar-refractivity contribution in [3.05, 3.63) is 64.3 Å². The van der Waals surface area contributed by atoms with E-state index in [0.717, 1.165) is 9.86 Å². The number of nitrogens with zero attached hydrogens (tertiary/aromatic N) is 2. The number of hydrogen-bond donors (Lipinski definition) is 0. The van der Waals surface area contributed by atoms with E-state index in [0.29, 0.717) is 16.8 Å². The molecule has 0 atom stereocenters. The number of carbonyl (C=O) groups is 1. The van der Waals surface area contributed by atoms with Crippen LogP contribution in [0.2, 0.25) is 0 Å². The fourth-order valence-electron chi connectivity index (χ4n) is 2.67. The first-order chi connectivity index (χ1) is 13.8. The SMILES string of the molecule is CC(C)(C)OC(=O)N(CC#Cc1c(C#N)oc2ccc(Br)cc12)c1ccccc1. The zero-order valence-corrected chi connectivity index (χ0v) is 17.9. The first kappa shape index (κ1) is 20.5. The minimum Gasteiger partial charge on any atom is -0.444 e. The Morgan fingerprint density at radius 2 is 1.93 bits per heavy atom. The Labute approximate surface area is 178 Å². The minimum atomic E-state index is -0.626. The topological polar surface area (TPSA) is 66.5 Å². The van der Waals surface area contributed by atoms with Crippen molar-refractivity contribution in [3.63, 3.8) is 0 Å². The van der Waals surface area contributed by atoms with Gasteiger partial charge in [0.15, 0.2) is 0 Å². The molecular formula is C23H19BrN2O3. The molecule has 3 aromatic rings. The summed E-state index contributed by atoms with van der Waals surface area (Å²) in [6, 6.07) is 16.7. The van der Waals surface area contributed by atoms with Crippen molar-refractivity contribution in [2.75, 3.05) is 11.4 Å². The molecule has 0 bridgehead atoms. The number of hydrogen-bond acceptors (Lipinski definition) is 4. The van der Waals surface area contributed by atoms with Gasteiger partial charge in [0, 0.05) is 15.5 Å². The summed E-state index contributed by atoms with van der Waals surface area (Å²) in [5.41, 5.74) is 1.14. The average molecular weight is 451 g/mol. The Kier molecular flexibility index (Phi) is 5.96. The molecule has 0 N–H and O–H groups in total. The van der Waals surface area contributed by atoms with Gasteiger partial charge in [0.1, 0.15) is 17.3 Å². The van der Waals surface area contributed by atoms with Crippen LogP contribution in [0.3, 0.4) is 0 Å². The van der Waals surface area contributed by atoms with Crippen LogP contribution in [0.15, 0.2) is 57.4 Å². The summed E-state index contributed by atoms with van der Waals surface area (Å²) in [6.45, 7) is 5.54. The Bertz CT molecular complexity index is 1140. The van der Waals surface area contributed by atoms with Crippen LogP contribution in [0.5, 0.6) is 0 Å². The molecule has 0 saturated carbocycles. The second kappa shape index (κ2) is 8.43. The summed E-state index contributed by atoms with van der Waals surface area (Å²) in [7, 11) is 0. The van der Waals surface area contributed by atoms with Crippen LogP contribution in [0.25, 0.3) is 11.0 Å². The summed E-state index contributed by atoms with van der Waals surface area (Å²) in [6.07, 6.45) is -0.488. The highest BCUT2D eigenvalue weighted by molar-refractivity contribution is 9.10. The molecule has 0 fully saturated rings. The van der Waals surface area contributed by atoms with Gasteiger partial charge in [-0.1, -0.05) is 46.0 Å². The Morgan fingerprint density at radius 3 is 2.59 bits per heavy atom. The van der Waals surface area contributed by atoms with Gasteiger partial charge in [-0.25, -0.2) is 4.79 Å². The normalized spacial score (nSPS) is 10.7. The standard InChI is InChI=1S/C23H19BrN2O3/c1-23(2,3)29-22(27)26(17-8-5-4-6-9-17)13-7-10-18-19-14-16(24)11-12-20(19)28-21(18)15-25/h4-6,8-9,11-12,14H,13H2,1-3H3. The number of amides is 1. The average Bonchev–Trinajstić information content (AvgIpc) is 3.01. The largest absolute Gasteiger partial charge is 0.444 e. The highest BCUT2D eigenvalue weighted by Crippen LogP contribution is 2.27. The van der Waals surface area contributed by atoms with Crippen molar-refractivity contribution < 1.29 is 13.9 Å². The highest BCUT2D eigenvalue weighted by Gasteiger charge is 2.22. The van der Waals surface area contributed by atoms with Gasteiger partial charge in [0.25, 0.3) is 0 Å². The van der Waals surface area contributed by atoms with Crippen LogP contribution in [-0.2, 0) is 4.74 Å². The predicted molar refractivity (Wildman–Crippen MR) is 116 cm³/mol. The number of ether oxygens (including phenoxy) is 1. The van der Waals surface area contributed by atoms with E-state index in [1.165, 1.54) is 4.90 Å². The van der Waals surface area contributed by atoms with E-state index >= 15 is 0 Å². The van der Waals surface area contributed by atoms with Crippen LogP contribution < -0.4 is 4.90 Å². The second-order valence-corrected chi connectivity index (χ2v) is 8.18. The first-order valence-corrected chi connectivity index (χ1v) is 9.74. The molecule has 29 heavy (non-hydrogen) atoms. The van der Waals surface area contributed by atoms with E-state index in [1.54, 1.807) is 6.07 Å². The third kappa shape index (κ3) is 4.99. The van der Waals surface area contributed by atoms with Crippen molar-refractivity contribution in [1.29, 1.82) is 5.26 Å². The molecule has 0 unspecified atom stereocenters. The number of rotatable bonds is 2. The van der Waals surface area contributed by atoms with E-state index in [9.17, 15) is 10.1 Å². The summed E-state index contributed by atoms with van der Waals surface area (Å²) < 4.78 is 11.9. The molecular weight excluding hydrogens is 432 g/mol. The maximum absolute atomic E-state index is 12.7. The molecule has 0 saturated heterocycles. The number of benzene rings is 2. The van der Waals surface area contributed by atoms with E-state index in [2.05, 4.69) is 27.8 Å². The summed E-state index contributed by atoms with van der Waals surface area (Å²) in [5.74, 6) is 6.13. The third-order valence-electron chi connectivity index (χ3n) is 3.88. The number of anilines is 1. The van der Waals surface area contributed by atoms with Crippen LogP contribution in [0, 0.1) is 23.2 Å². The summed E-state index contributed by atoms with van der Waals surface area (Å²) in [5, 5.41) is 10.1. The highest BCUT2D eigenvalue weighted by atomic mass is 79.9. The Morgan fingerprint density at radius 1 is 1.21 bits per heavy atom. The molecule has 1 heterocycles. The summed E-state index contributed by atoms with van der Waals surface area (Å²) >= 11 is 3.42. The van der Waals surface area contributed by atoms with Gasteiger partial charge in [0.05, 0.1) is 12.1 Å². The number of carbonyl (C=O) groups excluding carboxylic acids is 1. The van der Waals surface area contributed by atoms with Gasteiger partial charge in [-0.15, -0.1) is 0 Å². The van der Waals surface area contributed by atoms with Crippen LogP contribution in [0.1, 0.15) is 32.1 Å². The number of furan rings is 1. The Balaban J connectivity index is 1.95. The molecule has 2 aromatic carbocycles. The fraction of sp³-hybridized carbons (Fsp3) is 0.217. The fourth-order valence-corrected chi connectivity index (χ4v) is 3.03. The molecule has 0 spiro atoms. The molecule has 1 aromatic heterocycles. The van der Waals surface area contributed by atoms with Crippen LogP contribution in [0.4, 0.5) is 10.5 Å². The minimum absolute atomic E-state index is 0.102. The molecule has 0 aliphatic carbocycles. The van der Waals surface area contributed by atoms with Gasteiger partial charge in [0.2, 0.25) is 5.76 Å². The number of halogens is 1. The van der Waals surface area contributed by atoms with Crippen molar-refractivity contribution in [1.82, 2.24) is 0 Å². The number of nitriles is 1. The maximum Gasteiger partial charge on any atom is 0.415 e. The smallest absolute Gasteiger partial charge is 0.415 e. The van der Waals surface area contributed by atoms with Gasteiger partial charge in [-0.05, 0) is 51.1 Å². The monoisotopic (exact) mass is 450 g/mol. The van der Waals surface area contributed by atoms with E-state index in [-0.39, 0.29) is 12.3 Å². The van der Waals surface area contributed by atoms with E-state index in [1.807, 2.05) is 69.3 Å². The third-order valence-corrected chi connectivity index (χ3v) is 4.38. The van der Waals surface area contributed by atoms with Crippen molar-refractivity contribution in [3.8, 4) is 17.9 Å². The van der Waals surface area contributed by atoms with E-state index < -0.39 is 11.7 Å². The number of fused-ring (bicyclic) bond motifs is 1. The lowest BCUT2D eigenvalue weighted by Crippen LogP contribution is -2.37. The lowest BCUT2D eigenvalue weighted by Gasteiger charge is -2.26. The summed E-state index contributed by atoms with van der Waals surface area (Å²) in [4.78, 5) is 14.2. The molecule has 1 amide bonds. The van der Waals surface area contributed by atoms with Crippen molar-refractivity contribution in [2.45, 2.75) is 26.4 Å². The van der Waals surface area contributed by atoms with Crippen LogP contribution >= 0.6 is 15.9 Å². The molecule has 146 valence electrons. The zero-order chi connectivity index (χ0) is 21.0. The van der Waals surface area contributed by atoms with Gasteiger partial charge in [-0.3, -0.25) is 4.90 Å². The lowest BCUT2D eigenvalue weighted by atomic mass is 10.1. The molecule has 0 radical (unpaired) electrons. The first-order valence-electron chi connectivity index (χ1n) is 8.95. The lowest BCUT2D eigenvalue weighted by molar-refractivity contribution is 0.0585. The molecule has 3 rings (SSSR count). The molecule has 6 heteroatoms.